The Morgan fingerprint density at radius 2 is 1.70 bits per heavy atom. The lowest BCUT2D eigenvalue weighted by atomic mass is 10.1. The molecule has 2 aromatic rings. The van der Waals surface area contributed by atoms with Gasteiger partial charge in [0.25, 0.3) is 0 Å². The van der Waals surface area contributed by atoms with E-state index in [0.29, 0.717) is 10.0 Å². The van der Waals surface area contributed by atoms with Gasteiger partial charge in [0.1, 0.15) is 5.82 Å². The van der Waals surface area contributed by atoms with Crippen molar-refractivity contribution in [1.82, 2.24) is 0 Å². The second kappa shape index (κ2) is 6.03. The molecule has 3 nitrogen and oxygen atoms in total. The molecule has 0 atom stereocenters. The standard InChI is InChI=1S/C14H13BrFNO2S/c15-12-6-1-2-7-13(12)20(18,19)9-11-5-3-4-10(8-17)14(11)16/h1-7H,8-9,17H2. The molecule has 106 valence electrons. The molecule has 0 spiro atoms. The SMILES string of the molecule is NCc1cccc(CS(=O)(=O)c2ccccc2Br)c1F. The summed E-state index contributed by atoms with van der Waals surface area (Å²) in [6.45, 7) is 0.0365. The van der Waals surface area contributed by atoms with Crippen molar-refractivity contribution < 1.29 is 12.8 Å². The summed E-state index contributed by atoms with van der Waals surface area (Å²) in [5, 5.41) is 0. The lowest BCUT2D eigenvalue weighted by Gasteiger charge is -2.09. The fourth-order valence-corrected chi connectivity index (χ4v) is 4.35. The molecule has 0 aromatic heterocycles. The summed E-state index contributed by atoms with van der Waals surface area (Å²) >= 11 is 3.20. The van der Waals surface area contributed by atoms with Gasteiger partial charge in [-0.25, -0.2) is 12.8 Å². The molecule has 0 radical (unpaired) electrons. The molecule has 0 aliphatic heterocycles. The van der Waals surface area contributed by atoms with Crippen LogP contribution in [0.1, 0.15) is 11.1 Å². The third-order valence-corrected chi connectivity index (χ3v) is 5.57. The molecular weight excluding hydrogens is 345 g/mol. The highest BCUT2D eigenvalue weighted by Gasteiger charge is 2.20. The number of benzene rings is 2. The third-order valence-electron chi connectivity index (χ3n) is 2.90. The fourth-order valence-electron chi connectivity index (χ4n) is 1.88. The summed E-state index contributed by atoms with van der Waals surface area (Å²) in [5.41, 5.74) is 5.86. The van der Waals surface area contributed by atoms with E-state index in [1.807, 2.05) is 0 Å². The van der Waals surface area contributed by atoms with E-state index in [-0.39, 0.29) is 17.0 Å². The van der Waals surface area contributed by atoms with Gasteiger partial charge in [-0.3, -0.25) is 0 Å². The predicted molar refractivity (Wildman–Crippen MR) is 79.3 cm³/mol. The number of rotatable bonds is 4. The Labute approximate surface area is 125 Å². The van der Waals surface area contributed by atoms with Crippen LogP contribution in [0.3, 0.4) is 0 Å². The van der Waals surface area contributed by atoms with Crippen LogP contribution in [0, 0.1) is 5.82 Å². The van der Waals surface area contributed by atoms with Crippen LogP contribution in [-0.4, -0.2) is 8.42 Å². The first-order valence-corrected chi connectivity index (χ1v) is 8.34. The van der Waals surface area contributed by atoms with Gasteiger partial charge in [-0.15, -0.1) is 0 Å². The molecule has 0 heterocycles. The van der Waals surface area contributed by atoms with Gasteiger partial charge in [0.05, 0.1) is 10.6 Å². The first-order valence-electron chi connectivity index (χ1n) is 5.89. The molecule has 20 heavy (non-hydrogen) atoms. The minimum absolute atomic E-state index is 0.0365. The lowest BCUT2D eigenvalue weighted by molar-refractivity contribution is 0.581. The van der Waals surface area contributed by atoms with Gasteiger partial charge in [0, 0.05) is 22.1 Å². The monoisotopic (exact) mass is 357 g/mol. The number of halogens is 2. The molecule has 0 aliphatic rings. The molecule has 6 heteroatoms. The Balaban J connectivity index is 2.42. The molecule has 0 aliphatic carbocycles. The normalized spacial score (nSPS) is 11.6. The van der Waals surface area contributed by atoms with Gasteiger partial charge in [0.2, 0.25) is 0 Å². The van der Waals surface area contributed by atoms with Gasteiger partial charge in [0.15, 0.2) is 9.84 Å². The van der Waals surface area contributed by atoms with Crippen molar-refractivity contribution in [3.63, 3.8) is 0 Å². The minimum Gasteiger partial charge on any atom is -0.326 e. The van der Waals surface area contributed by atoms with E-state index in [9.17, 15) is 12.8 Å². The Bertz CT molecular complexity index is 732. The van der Waals surface area contributed by atoms with Crippen LogP contribution in [0.4, 0.5) is 4.39 Å². The van der Waals surface area contributed by atoms with Crippen molar-refractivity contribution in [1.29, 1.82) is 0 Å². The van der Waals surface area contributed by atoms with Crippen molar-refractivity contribution in [3.05, 3.63) is 63.9 Å². The molecule has 0 saturated heterocycles. The minimum atomic E-state index is -3.62. The van der Waals surface area contributed by atoms with Gasteiger partial charge in [-0.05, 0) is 28.1 Å². The van der Waals surface area contributed by atoms with E-state index in [2.05, 4.69) is 15.9 Å². The first kappa shape index (κ1) is 15.2. The maximum absolute atomic E-state index is 14.1. The highest BCUT2D eigenvalue weighted by Crippen LogP contribution is 2.26. The van der Waals surface area contributed by atoms with E-state index >= 15 is 0 Å². The molecular formula is C14H13BrFNO2S. The van der Waals surface area contributed by atoms with Gasteiger partial charge in [-0.2, -0.15) is 0 Å². The van der Waals surface area contributed by atoms with Crippen LogP contribution < -0.4 is 5.73 Å². The van der Waals surface area contributed by atoms with E-state index in [0.717, 1.165) is 0 Å². The molecule has 2 N–H and O–H groups in total. The van der Waals surface area contributed by atoms with Crippen LogP contribution in [0.15, 0.2) is 51.8 Å². The summed E-state index contributed by atoms with van der Waals surface area (Å²) in [5.74, 6) is -0.944. The van der Waals surface area contributed by atoms with Crippen LogP contribution in [0.25, 0.3) is 0 Å². The van der Waals surface area contributed by atoms with Crippen molar-refractivity contribution in [2.24, 2.45) is 5.73 Å². The van der Waals surface area contributed by atoms with Crippen LogP contribution >= 0.6 is 15.9 Å². The van der Waals surface area contributed by atoms with Crippen LogP contribution in [-0.2, 0) is 22.1 Å². The van der Waals surface area contributed by atoms with Crippen molar-refractivity contribution in [3.8, 4) is 0 Å². The Morgan fingerprint density at radius 3 is 2.35 bits per heavy atom. The maximum Gasteiger partial charge on any atom is 0.183 e. The zero-order chi connectivity index (χ0) is 14.8. The molecule has 2 rings (SSSR count). The summed E-state index contributed by atoms with van der Waals surface area (Å²) < 4.78 is 39.2. The average Bonchev–Trinajstić information content (AvgIpc) is 2.41. The quantitative estimate of drug-likeness (QED) is 0.914. The zero-order valence-corrected chi connectivity index (χ0v) is 12.9. The second-order valence-electron chi connectivity index (χ2n) is 4.28. The number of hydrogen-bond acceptors (Lipinski definition) is 3. The van der Waals surface area contributed by atoms with Crippen molar-refractivity contribution in [2.45, 2.75) is 17.2 Å². The van der Waals surface area contributed by atoms with Crippen molar-refractivity contribution >= 4 is 25.8 Å². The van der Waals surface area contributed by atoms with E-state index in [1.54, 1.807) is 30.3 Å². The second-order valence-corrected chi connectivity index (χ2v) is 7.10. The summed E-state index contributed by atoms with van der Waals surface area (Å²) in [6.07, 6.45) is 0. The summed E-state index contributed by atoms with van der Waals surface area (Å²) in [7, 11) is -3.62. The summed E-state index contributed by atoms with van der Waals surface area (Å²) in [4.78, 5) is 0.151. The van der Waals surface area contributed by atoms with Gasteiger partial charge < -0.3 is 5.73 Å². The Hall–Kier alpha value is -1.24. The highest BCUT2D eigenvalue weighted by molar-refractivity contribution is 9.10. The summed E-state index contributed by atoms with van der Waals surface area (Å²) in [6, 6.07) is 11.1. The Kier molecular flexibility index (Phi) is 4.57. The topological polar surface area (TPSA) is 60.2 Å². The largest absolute Gasteiger partial charge is 0.326 e. The molecule has 0 unspecified atom stereocenters. The molecule has 0 bridgehead atoms. The number of sulfone groups is 1. The lowest BCUT2D eigenvalue weighted by Crippen LogP contribution is -2.09. The maximum atomic E-state index is 14.1. The molecule has 0 amide bonds. The van der Waals surface area contributed by atoms with Gasteiger partial charge in [-0.1, -0.05) is 30.3 Å². The average molecular weight is 358 g/mol. The van der Waals surface area contributed by atoms with E-state index < -0.39 is 21.4 Å². The van der Waals surface area contributed by atoms with Crippen molar-refractivity contribution in [2.75, 3.05) is 0 Å². The number of hydrogen-bond donors (Lipinski definition) is 1. The first-order chi connectivity index (χ1) is 9.45. The predicted octanol–water partition coefficient (Wildman–Crippen LogP) is 3.02. The molecule has 0 saturated carbocycles. The zero-order valence-electron chi connectivity index (χ0n) is 10.5. The highest BCUT2D eigenvalue weighted by atomic mass is 79.9. The molecule has 2 aromatic carbocycles. The van der Waals surface area contributed by atoms with E-state index in [4.69, 9.17) is 5.73 Å². The van der Waals surface area contributed by atoms with E-state index in [1.165, 1.54) is 12.1 Å². The van der Waals surface area contributed by atoms with Crippen LogP contribution in [0.5, 0.6) is 0 Å². The molecule has 0 fully saturated rings. The Morgan fingerprint density at radius 1 is 1.05 bits per heavy atom. The van der Waals surface area contributed by atoms with Crippen LogP contribution in [0.2, 0.25) is 0 Å². The number of nitrogens with two attached hydrogens (primary N) is 1. The smallest absolute Gasteiger partial charge is 0.183 e. The third kappa shape index (κ3) is 3.08. The fraction of sp³-hybridized carbons (Fsp3) is 0.143. The van der Waals surface area contributed by atoms with Gasteiger partial charge >= 0.3 is 0 Å².